The molecular weight excluding hydrogens is 336 g/mol. The molecule has 0 bridgehead atoms. The molecule has 2 aromatic carbocycles. The molecule has 4 rings (SSSR count). The number of esters is 1. The Morgan fingerprint density at radius 3 is 2.74 bits per heavy atom. The highest BCUT2D eigenvalue weighted by molar-refractivity contribution is 6.07. The van der Waals surface area contributed by atoms with Crippen LogP contribution in [0.1, 0.15) is 35.2 Å². The summed E-state index contributed by atoms with van der Waals surface area (Å²) in [5.74, 6) is -0.233. The summed E-state index contributed by atoms with van der Waals surface area (Å²) >= 11 is 0. The Balaban J connectivity index is 1.84. The van der Waals surface area contributed by atoms with Gasteiger partial charge in [0.05, 0.1) is 25.1 Å². The van der Waals surface area contributed by atoms with Crippen LogP contribution < -0.4 is 0 Å². The highest BCUT2D eigenvalue weighted by Crippen LogP contribution is 2.33. The first-order valence-corrected chi connectivity index (χ1v) is 9.43. The molecule has 0 spiro atoms. The van der Waals surface area contributed by atoms with E-state index in [9.17, 15) is 4.79 Å². The van der Waals surface area contributed by atoms with E-state index < -0.39 is 0 Å². The minimum atomic E-state index is -0.233. The van der Waals surface area contributed by atoms with Gasteiger partial charge in [-0.1, -0.05) is 42.0 Å². The van der Waals surface area contributed by atoms with E-state index in [1.54, 1.807) is 0 Å². The van der Waals surface area contributed by atoms with E-state index in [2.05, 4.69) is 41.8 Å². The Morgan fingerprint density at radius 1 is 1.15 bits per heavy atom. The van der Waals surface area contributed by atoms with Crippen LogP contribution in [-0.2, 0) is 29.0 Å². The molecule has 27 heavy (non-hydrogen) atoms. The van der Waals surface area contributed by atoms with Gasteiger partial charge >= 0.3 is 5.97 Å². The first-order chi connectivity index (χ1) is 13.2. The van der Waals surface area contributed by atoms with Gasteiger partial charge in [-0.25, -0.2) is 0 Å². The summed E-state index contributed by atoms with van der Waals surface area (Å²) in [5, 5.41) is 1.24. The van der Waals surface area contributed by atoms with Gasteiger partial charge in [-0.3, -0.25) is 9.79 Å². The van der Waals surface area contributed by atoms with Gasteiger partial charge < -0.3 is 9.30 Å². The van der Waals surface area contributed by atoms with Gasteiger partial charge in [0.15, 0.2) is 0 Å². The molecule has 0 fully saturated rings. The normalized spacial score (nSPS) is 15.1. The van der Waals surface area contributed by atoms with E-state index in [4.69, 9.17) is 9.73 Å². The highest BCUT2D eigenvalue weighted by Gasteiger charge is 2.25. The van der Waals surface area contributed by atoms with E-state index in [1.165, 1.54) is 29.2 Å². The fourth-order valence-corrected chi connectivity index (χ4v) is 3.95. The van der Waals surface area contributed by atoms with Crippen molar-refractivity contribution >= 4 is 22.6 Å². The zero-order valence-electron chi connectivity index (χ0n) is 15.9. The van der Waals surface area contributed by atoms with Gasteiger partial charge in [-0.05, 0) is 49.4 Å². The molecule has 0 saturated heterocycles. The Labute approximate surface area is 159 Å². The summed E-state index contributed by atoms with van der Waals surface area (Å²) in [4.78, 5) is 17.0. The lowest BCUT2D eigenvalue weighted by molar-refractivity contribution is -0.141. The summed E-state index contributed by atoms with van der Waals surface area (Å²) in [6, 6.07) is 16.7. The van der Waals surface area contributed by atoms with Gasteiger partial charge in [0.1, 0.15) is 6.54 Å². The number of hydrogen-bond acceptors (Lipinski definition) is 3. The van der Waals surface area contributed by atoms with Crippen LogP contribution >= 0.6 is 0 Å². The number of rotatable bonds is 4. The third-order valence-electron chi connectivity index (χ3n) is 5.25. The summed E-state index contributed by atoms with van der Waals surface area (Å²) < 4.78 is 7.05. The van der Waals surface area contributed by atoms with Gasteiger partial charge in [-0.15, -0.1) is 0 Å². The predicted molar refractivity (Wildman–Crippen MR) is 108 cm³/mol. The molecule has 4 nitrogen and oxygen atoms in total. The maximum absolute atomic E-state index is 12.1. The van der Waals surface area contributed by atoms with Crippen molar-refractivity contribution in [2.24, 2.45) is 4.99 Å². The lowest BCUT2D eigenvalue weighted by Crippen LogP contribution is -2.20. The van der Waals surface area contributed by atoms with Crippen LogP contribution in [0.4, 0.5) is 0 Å². The topological polar surface area (TPSA) is 43.6 Å². The van der Waals surface area contributed by atoms with Crippen LogP contribution in [0.5, 0.6) is 0 Å². The number of methoxy groups -OCH3 is 1. The van der Waals surface area contributed by atoms with Gasteiger partial charge in [-0.2, -0.15) is 0 Å². The zero-order chi connectivity index (χ0) is 18.8. The maximum atomic E-state index is 12.1. The van der Waals surface area contributed by atoms with Crippen LogP contribution in [0.2, 0.25) is 0 Å². The standard InChI is InChI=1S/C23H24N2O2/c1-16-11-12-21-19(13-16)18-9-6-10-20(23(18)25(21)15-22(26)27-2)24-14-17-7-4-3-5-8-17/h3-5,7-8,11-13H,6,9-10,14-15H2,1-2H3. The third kappa shape index (κ3) is 3.39. The van der Waals surface area contributed by atoms with Crippen molar-refractivity contribution in [2.45, 2.75) is 39.3 Å². The fourth-order valence-electron chi connectivity index (χ4n) is 3.95. The minimum Gasteiger partial charge on any atom is -0.468 e. The smallest absolute Gasteiger partial charge is 0.325 e. The van der Waals surface area contributed by atoms with E-state index >= 15 is 0 Å². The first kappa shape index (κ1) is 17.5. The van der Waals surface area contributed by atoms with E-state index in [0.29, 0.717) is 6.54 Å². The Bertz CT molecular complexity index is 1020. The second-order valence-electron chi connectivity index (χ2n) is 7.11. The lowest BCUT2D eigenvalue weighted by Gasteiger charge is -2.18. The average Bonchev–Trinajstić information content (AvgIpc) is 3.00. The molecule has 3 aromatic rings. The molecule has 0 unspecified atom stereocenters. The number of aryl methyl sites for hydroxylation is 2. The van der Waals surface area contributed by atoms with Crippen molar-refractivity contribution in [3.63, 3.8) is 0 Å². The number of fused-ring (bicyclic) bond motifs is 3. The summed E-state index contributed by atoms with van der Waals surface area (Å²) in [7, 11) is 1.44. The quantitative estimate of drug-likeness (QED) is 0.645. The summed E-state index contributed by atoms with van der Waals surface area (Å²) in [6.07, 6.45) is 3.05. The molecule has 0 saturated carbocycles. The number of carbonyl (C=O) groups is 1. The number of aliphatic imine (C=N–C) groups is 1. The number of benzene rings is 2. The molecule has 0 amide bonds. The molecule has 1 aliphatic rings. The van der Waals surface area contributed by atoms with E-state index in [-0.39, 0.29) is 12.5 Å². The molecule has 138 valence electrons. The van der Waals surface area contributed by atoms with Crippen LogP contribution in [0.15, 0.2) is 53.5 Å². The number of aromatic nitrogens is 1. The molecule has 4 heteroatoms. The van der Waals surface area contributed by atoms with Crippen LogP contribution in [0, 0.1) is 6.92 Å². The Kier molecular flexibility index (Phi) is 4.80. The number of hydrogen-bond donors (Lipinski definition) is 0. The molecular formula is C23H24N2O2. The maximum Gasteiger partial charge on any atom is 0.325 e. The number of nitrogens with zero attached hydrogens (tertiary/aromatic N) is 2. The molecule has 0 radical (unpaired) electrons. The largest absolute Gasteiger partial charge is 0.468 e. The van der Waals surface area contributed by atoms with Crippen molar-refractivity contribution in [1.29, 1.82) is 0 Å². The fraction of sp³-hybridized carbons (Fsp3) is 0.304. The second kappa shape index (κ2) is 7.39. The van der Waals surface area contributed by atoms with Crippen LogP contribution in [-0.4, -0.2) is 23.4 Å². The van der Waals surface area contributed by atoms with Crippen LogP contribution in [0.25, 0.3) is 10.9 Å². The molecule has 0 aliphatic heterocycles. The summed E-state index contributed by atoms with van der Waals surface area (Å²) in [5.41, 5.74) is 7.04. The average molecular weight is 360 g/mol. The number of carbonyl (C=O) groups excluding carboxylic acids is 1. The van der Waals surface area contributed by atoms with Crippen molar-refractivity contribution in [3.8, 4) is 0 Å². The third-order valence-corrected chi connectivity index (χ3v) is 5.25. The lowest BCUT2D eigenvalue weighted by atomic mass is 9.93. The highest BCUT2D eigenvalue weighted by atomic mass is 16.5. The molecule has 0 atom stereocenters. The van der Waals surface area contributed by atoms with Gasteiger partial charge in [0.25, 0.3) is 0 Å². The monoisotopic (exact) mass is 360 g/mol. The SMILES string of the molecule is COC(=O)Cn1c2c(c3cc(C)ccc31)CCCC2=NCc1ccccc1. The van der Waals surface area contributed by atoms with Gasteiger partial charge in [0.2, 0.25) is 0 Å². The number of ether oxygens (including phenoxy) is 1. The first-order valence-electron chi connectivity index (χ1n) is 9.43. The van der Waals surface area contributed by atoms with Crippen LogP contribution in [0.3, 0.4) is 0 Å². The van der Waals surface area contributed by atoms with Crippen molar-refractivity contribution in [3.05, 3.63) is 70.9 Å². The summed E-state index contributed by atoms with van der Waals surface area (Å²) in [6.45, 7) is 2.99. The molecule has 1 aliphatic carbocycles. The predicted octanol–water partition coefficient (Wildman–Crippen LogP) is 4.45. The van der Waals surface area contributed by atoms with E-state index in [1.807, 2.05) is 18.2 Å². The van der Waals surface area contributed by atoms with Crippen molar-refractivity contribution in [1.82, 2.24) is 4.57 Å². The van der Waals surface area contributed by atoms with Crippen molar-refractivity contribution < 1.29 is 9.53 Å². The van der Waals surface area contributed by atoms with E-state index in [0.717, 1.165) is 36.2 Å². The molecule has 1 aromatic heterocycles. The zero-order valence-corrected chi connectivity index (χ0v) is 15.9. The second-order valence-corrected chi connectivity index (χ2v) is 7.11. The Morgan fingerprint density at radius 2 is 1.96 bits per heavy atom. The minimum absolute atomic E-state index is 0.218. The van der Waals surface area contributed by atoms with Crippen molar-refractivity contribution in [2.75, 3.05) is 7.11 Å². The molecule has 1 heterocycles. The Hall–Kier alpha value is -2.88. The molecule has 0 N–H and O–H groups in total. The van der Waals surface area contributed by atoms with Gasteiger partial charge in [0, 0.05) is 10.9 Å².